The molecular formula is C9H13ClN2O. The van der Waals surface area contributed by atoms with Gasteiger partial charge in [0.05, 0.1) is 12.6 Å². The minimum Gasteiger partial charge on any atom is -0.399 e. The molecule has 1 atom stereocenters. The fourth-order valence-corrected chi connectivity index (χ4v) is 1.44. The standard InChI is InChI=1S/C9H13ClN2O/c1-13-5-9(12)7-3-2-6(11)4-8(7)10/h2-4,9H,5,11-12H2,1H3/t9-/m1/s1. The first-order valence-corrected chi connectivity index (χ1v) is 4.32. The van der Waals surface area contributed by atoms with E-state index >= 15 is 0 Å². The first kappa shape index (κ1) is 10.3. The topological polar surface area (TPSA) is 61.3 Å². The van der Waals surface area contributed by atoms with Gasteiger partial charge >= 0.3 is 0 Å². The molecule has 0 saturated carbocycles. The van der Waals surface area contributed by atoms with E-state index in [1.165, 1.54) is 0 Å². The second-order valence-corrected chi connectivity index (χ2v) is 3.25. The molecule has 13 heavy (non-hydrogen) atoms. The summed E-state index contributed by atoms with van der Waals surface area (Å²) in [5.74, 6) is 0. The summed E-state index contributed by atoms with van der Waals surface area (Å²) in [4.78, 5) is 0. The van der Waals surface area contributed by atoms with Crippen LogP contribution in [0.4, 0.5) is 5.69 Å². The van der Waals surface area contributed by atoms with Crippen molar-refractivity contribution < 1.29 is 4.74 Å². The molecule has 0 radical (unpaired) electrons. The minimum absolute atomic E-state index is 0.196. The third-order valence-electron chi connectivity index (χ3n) is 1.77. The van der Waals surface area contributed by atoms with E-state index in [0.717, 1.165) is 5.56 Å². The van der Waals surface area contributed by atoms with Crippen molar-refractivity contribution in [3.8, 4) is 0 Å². The molecule has 0 heterocycles. The predicted octanol–water partition coefficient (Wildman–Crippen LogP) is 1.57. The zero-order valence-electron chi connectivity index (χ0n) is 7.46. The zero-order valence-corrected chi connectivity index (χ0v) is 8.21. The highest BCUT2D eigenvalue weighted by Crippen LogP contribution is 2.23. The van der Waals surface area contributed by atoms with Crippen LogP contribution in [0, 0.1) is 0 Å². The van der Waals surface area contributed by atoms with Gasteiger partial charge in [-0.15, -0.1) is 0 Å². The number of nitrogen functional groups attached to an aromatic ring is 1. The highest BCUT2D eigenvalue weighted by Gasteiger charge is 2.09. The van der Waals surface area contributed by atoms with Crippen LogP contribution in [-0.4, -0.2) is 13.7 Å². The van der Waals surface area contributed by atoms with Crippen LogP contribution in [0.5, 0.6) is 0 Å². The van der Waals surface area contributed by atoms with Crippen molar-refractivity contribution >= 4 is 17.3 Å². The van der Waals surface area contributed by atoms with Gasteiger partial charge in [0, 0.05) is 17.8 Å². The van der Waals surface area contributed by atoms with E-state index in [2.05, 4.69) is 0 Å². The average Bonchev–Trinajstić information content (AvgIpc) is 2.04. The lowest BCUT2D eigenvalue weighted by molar-refractivity contribution is 0.181. The molecule has 4 heteroatoms. The number of hydrogen-bond acceptors (Lipinski definition) is 3. The molecule has 0 aliphatic carbocycles. The Morgan fingerprint density at radius 2 is 2.23 bits per heavy atom. The molecule has 4 N–H and O–H groups in total. The van der Waals surface area contributed by atoms with Gasteiger partial charge in [-0.3, -0.25) is 0 Å². The van der Waals surface area contributed by atoms with Crippen LogP contribution in [0.25, 0.3) is 0 Å². The maximum Gasteiger partial charge on any atom is 0.0656 e. The molecule has 0 aliphatic heterocycles. The summed E-state index contributed by atoms with van der Waals surface area (Å²) in [7, 11) is 1.60. The molecule has 1 rings (SSSR count). The Morgan fingerprint density at radius 1 is 1.54 bits per heavy atom. The molecule has 3 nitrogen and oxygen atoms in total. The van der Waals surface area contributed by atoms with Gasteiger partial charge in [0.2, 0.25) is 0 Å². The fraction of sp³-hybridized carbons (Fsp3) is 0.333. The van der Waals surface area contributed by atoms with E-state index < -0.39 is 0 Å². The lowest BCUT2D eigenvalue weighted by atomic mass is 10.1. The lowest BCUT2D eigenvalue weighted by Gasteiger charge is -2.12. The molecule has 0 saturated heterocycles. The van der Waals surface area contributed by atoms with Crippen molar-refractivity contribution in [2.24, 2.45) is 5.73 Å². The summed E-state index contributed by atoms with van der Waals surface area (Å²) >= 11 is 5.94. The van der Waals surface area contributed by atoms with Crippen LogP contribution in [-0.2, 0) is 4.74 Å². The summed E-state index contributed by atoms with van der Waals surface area (Å²) in [6.07, 6.45) is 0. The summed E-state index contributed by atoms with van der Waals surface area (Å²) in [5.41, 5.74) is 12.8. The van der Waals surface area contributed by atoms with E-state index in [4.69, 9.17) is 27.8 Å². The van der Waals surface area contributed by atoms with E-state index in [1.54, 1.807) is 19.2 Å². The number of benzene rings is 1. The van der Waals surface area contributed by atoms with Gasteiger partial charge in [-0.05, 0) is 17.7 Å². The quantitative estimate of drug-likeness (QED) is 0.729. The molecule has 0 aromatic heterocycles. The minimum atomic E-state index is -0.196. The largest absolute Gasteiger partial charge is 0.399 e. The van der Waals surface area contributed by atoms with Crippen LogP contribution in [0.3, 0.4) is 0 Å². The van der Waals surface area contributed by atoms with E-state index in [1.807, 2.05) is 6.07 Å². The van der Waals surface area contributed by atoms with Gasteiger partial charge in [-0.1, -0.05) is 17.7 Å². The molecule has 0 unspecified atom stereocenters. The van der Waals surface area contributed by atoms with Crippen LogP contribution < -0.4 is 11.5 Å². The van der Waals surface area contributed by atoms with Crippen molar-refractivity contribution in [1.82, 2.24) is 0 Å². The second kappa shape index (κ2) is 4.46. The Balaban J connectivity index is 2.88. The lowest BCUT2D eigenvalue weighted by Crippen LogP contribution is -2.16. The first-order valence-electron chi connectivity index (χ1n) is 3.94. The average molecular weight is 201 g/mol. The number of rotatable bonds is 3. The van der Waals surface area contributed by atoms with Gasteiger partial charge < -0.3 is 16.2 Å². The smallest absolute Gasteiger partial charge is 0.0656 e. The molecule has 0 spiro atoms. The maximum atomic E-state index is 5.94. The van der Waals surface area contributed by atoms with Crippen LogP contribution in [0.15, 0.2) is 18.2 Å². The third kappa shape index (κ3) is 2.59. The Morgan fingerprint density at radius 3 is 2.77 bits per heavy atom. The van der Waals surface area contributed by atoms with Gasteiger partial charge in [-0.2, -0.15) is 0 Å². The van der Waals surface area contributed by atoms with Crippen molar-refractivity contribution in [3.63, 3.8) is 0 Å². The van der Waals surface area contributed by atoms with Gasteiger partial charge in [0.15, 0.2) is 0 Å². The monoisotopic (exact) mass is 200 g/mol. The van der Waals surface area contributed by atoms with Gasteiger partial charge in [0.1, 0.15) is 0 Å². The molecule has 0 amide bonds. The Hall–Kier alpha value is -0.770. The SMILES string of the molecule is COC[C@@H](N)c1ccc(N)cc1Cl. The summed E-state index contributed by atoms with van der Waals surface area (Å²) in [6, 6.07) is 5.09. The second-order valence-electron chi connectivity index (χ2n) is 2.84. The molecule has 1 aromatic carbocycles. The fourth-order valence-electron chi connectivity index (χ4n) is 1.11. The Labute approximate surface area is 82.6 Å². The number of halogens is 1. The predicted molar refractivity (Wildman–Crippen MR) is 54.7 cm³/mol. The molecule has 72 valence electrons. The highest BCUT2D eigenvalue weighted by atomic mass is 35.5. The number of nitrogens with two attached hydrogens (primary N) is 2. The van der Waals surface area contributed by atoms with Crippen molar-refractivity contribution in [2.45, 2.75) is 6.04 Å². The number of hydrogen-bond donors (Lipinski definition) is 2. The number of methoxy groups -OCH3 is 1. The Bertz CT molecular complexity index is 291. The highest BCUT2D eigenvalue weighted by molar-refractivity contribution is 6.31. The molecule has 0 bridgehead atoms. The van der Waals surface area contributed by atoms with Crippen LogP contribution in [0.1, 0.15) is 11.6 Å². The summed E-state index contributed by atoms with van der Waals surface area (Å²) < 4.78 is 4.93. The summed E-state index contributed by atoms with van der Waals surface area (Å²) in [5, 5.41) is 0.588. The third-order valence-corrected chi connectivity index (χ3v) is 2.10. The number of anilines is 1. The van der Waals surface area contributed by atoms with Crippen molar-refractivity contribution in [3.05, 3.63) is 28.8 Å². The molecular weight excluding hydrogens is 188 g/mol. The molecule has 0 fully saturated rings. The maximum absolute atomic E-state index is 5.94. The number of ether oxygens (including phenoxy) is 1. The zero-order chi connectivity index (χ0) is 9.84. The van der Waals surface area contributed by atoms with Gasteiger partial charge in [0.25, 0.3) is 0 Å². The molecule has 0 aliphatic rings. The Kier molecular flexibility index (Phi) is 3.54. The van der Waals surface area contributed by atoms with Crippen molar-refractivity contribution in [1.29, 1.82) is 0 Å². The van der Waals surface area contributed by atoms with E-state index in [9.17, 15) is 0 Å². The summed E-state index contributed by atoms with van der Waals surface area (Å²) in [6.45, 7) is 0.448. The van der Waals surface area contributed by atoms with Crippen LogP contribution >= 0.6 is 11.6 Å². The van der Waals surface area contributed by atoms with E-state index in [0.29, 0.717) is 17.3 Å². The van der Waals surface area contributed by atoms with Crippen LogP contribution in [0.2, 0.25) is 5.02 Å². The van der Waals surface area contributed by atoms with Gasteiger partial charge in [-0.25, -0.2) is 0 Å². The van der Waals surface area contributed by atoms with E-state index in [-0.39, 0.29) is 6.04 Å². The first-order chi connectivity index (χ1) is 6.15. The van der Waals surface area contributed by atoms with Crippen molar-refractivity contribution in [2.75, 3.05) is 19.5 Å². The normalized spacial score (nSPS) is 12.8. The molecule has 1 aromatic rings.